The number of piperidine rings is 1. The summed E-state index contributed by atoms with van der Waals surface area (Å²) in [7, 11) is 3.33. The summed E-state index contributed by atoms with van der Waals surface area (Å²) in [6, 6.07) is -1.44. The number of aryl methyl sites for hydroxylation is 1. The zero-order valence-electron chi connectivity index (χ0n) is 47.4. The Bertz CT molecular complexity index is 3360. The second kappa shape index (κ2) is 22.8. The van der Waals surface area contributed by atoms with Crippen molar-refractivity contribution in [2.75, 3.05) is 45.2 Å². The second-order valence-electron chi connectivity index (χ2n) is 22.8. The lowest BCUT2D eigenvalue weighted by atomic mass is 9.82. The maximum absolute atomic E-state index is 16.3. The van der Waals surface area contributed by atoms with E-state index in [2.05, 4.69) is 10.2 Å². The van der Waals surface area contributed by atoms with Crippen LogP contribution in [0.15, 0.2) is 64.6 Å². The molecule has 1 unspecified atom stereocenters. The normalized spacial score (nSPS) is 29.7. The number of anilines is 1. The number of benzene rings is 1. The Morgan fingerprint density at radius 1 is 0.890 bits per heavy atom. The number of carboxylic acid groups (broad SMARTS) is 1. The lowest BCUT2D eigenvalue weighted by Gasteiger charge is -2.41. The third-order valence-electron chi connectivity index (χ3n) is 17.5. The van der Waals surface area contributed by atoms with Crippen LogP contribution < -0.4 is 32.0 Å². The molecule has 0 radical (unpaired) electrons. The smallest absolute Gasteiger partial charge is 0.341 e. The van der Waals surface area contributed by atoms with Gasteiger partial charge >= 0.3 is 17.7 Å². The Morgan fingerprint density at radius 3 is 2.18 bits per heavy atom. The number of carbonyl (C=O) groups excluding carboxylic acids is 5. The highest BCUT2D eigenvalue weighted by molar-refractivity contribution is 6.32. The molecule has 82 heavy (non-hydrogen) atoms. The SMILES string of the molecule is CO[C@H]1C=CO[C@@]2(C)Oc3c(C)c(O)c4c(c3C2=O)C(=O)C(N2CCC(N(C)C3CCN(c5c(F)cn6c(=O)c(C(=O)O)cc(C7CC7)c6c5C)C3)CC2)=C(NC(=O)/C(C)=C\C=C\[C@H](C)[C@H](O)[C@@H](N)[C@@H](O)[C@@H](N)[C@H](OC(C)=O)[C@@H]1C)C4=O. The number of phenols is 1. The third kappa shape index (κ3) is 10.5. The minimum atomic E-state index is -2.19. The van der Waals surface area contributed by atoms with Gasteiger partial charge in [-0.2, -0.15) is 0 Å². The van der Waals surface area contributed by atoms with Crippen LogP contribution in [-0.4, -0.2) is 165 Å². The van der Waals surface area contributed by atoms with Crippen LogP contribution in [-0.2, 0) is 23.8 Å². The largest absolute Gasteiger partial charge is 0.507 e. The predicted molar refractivity (Wildman–Crippen MR) is 296 cm³/mol. The molecule has 10 atom stereocenters. The lowest BCUT2D eigenvalue weighted by Crippen LogP contribution is -2.60. The number of aromatic hydroxyl groups is 1. The van der Waals surface area contributed by atoms with E-state index in [1.807, 2.05) is 11.9 Å². The summed E-state index contributed by atoms with van der Waals surface area (Å²) in [5, 5.41) is 47.1. The summed E-state index contributed by atoms with van der Waals surface area (Å²) < 4.78 is 40.9. The minimum Gasteiger partial charge on any atom is -0.507 e. The van der Waals surface area contributed by atoms with Crippen molar-refractivity contribution >= 4 is 46.4 Å². The lowest BCUT2D eigenvalue weighted by molar-refractivity contribution is -0.155. The average Bonchev–Trinajstić information content (AvgIpc) is 1.68. The summed E-state index contributed by atoms with van der Waals surface area (Å²) >= 11 is 0. The van der Waals surface area contributed by atoms with Crippen molar-refractivity contribution in [1.82, 2.24) is 19.5 Å². The van der Waals surface area contributed by atoms with Crippen LogP contribution in [0.2, 0.25) is 0 Å². The first-order valence-corrected chi connectivity index (χ1v) is 27.6. The van der Waals surface area contributed by atoms with Crippen molar-refractivity contribution in [3.63, 3.8) is 0 Å². The number of aliphatic hydroxyl groups excluding tert-OH is 2. The number of ketones is 3. The Morgan fingerprint density at radius 2 is 1.55 bits per heavy atom. The number of esters is 1. The number of likely N-dealkylation sites (N-methyl/N-ethyl adjacent to an activating group) is 1. The van der Waals surface area contributed by atoms with Crippen LogP contribution in [0, 0.1) is 31.5 Å². The molecule has 5 aliphatic heterocycles. The van der Waals surface area contributed by atoms with Gasteiger partial charge < -0.3 is 66.0 Å². The number of amides is 1. The number of rotatable bonds is 8. The molecule has 0 spiro atoms. The highest BCUT2D eigenvalue weighted by Gasteiger charge is 2.54. The number of carbonyl (C=O) groups is 6. The molecular formula is C59H72FN7O15. The van der Waals surface area contributed by atoms with E-state index in [1.165, 1.54) is 58.3 Å². The fraction of sp³-hybridized carbons (Fsp3) is 0.508. The second-order valence-corrected chi connectivity index (χ2v) is 22.8. The maximum Gasteiger partial charge on any atom is 0.341 e. The molecule has 7 heterocycles. The van der Waals surface area contributed by atoms with E-state index < -0.39 is 129 Å². The number of phenolic OH excluding ortho intramolecular Hbond substituents is 1. The summed E-state index contributed by atoms with van der Waals surface area (Å²) in [6.07, 6.45) is 5.94. The summed E-state index contributed by atoms with van der Waals surface area (Å²) in [5.41, 5.74) is 11.9. The molecule has 2 saturated heterocycles. The number of hydrogen-bond donors (Lipinski definition) is 7. The molecular weight excluding hydrogens is 1070 g/mol. The van der Waals surface area contributed by atoms with Gasteiger partial charge in [-0.1, -0.05) is 32.1 Å². The van der Waals surface area contributed by atoms with Crippen molar-refractivity contribution in [1.29, 1.82) is 0 Å². The quantitative estimate of drug-likeness (QED) is 0.158. The molecule has 10 rings (SSSR count). The molecule has 1 aromatic carbocycles. The van der Waals surface area contributed by atoms with Crippen molar-refractivity contribution in [2.45, 2.75) is 141 Å². The van der Waals surface area contributed by atoms with E-state index in [-0.39, 0.29) is 59.2 Å². The molecule has 7 aliphatic rings. The highest BCUT2D eigenvalue weighted by Crippen LogP contribution is 2.50. The summed E-state index contributed by atoms with van der Waals surface area (Å²) in [4.78, 5) is 103. The Kier molecular flexibility index (Phi) is 16.5. The number of methoxy groups -OCH3 is 1. The van der Waals surface area contributed by atoms with Gasteiger partial charge in [0.1, 0.15) is 34.6 Å². The van der Waals surface area contributed by atoms with Crippen molar-refractivity contribution < 1.29 is 72.5 Å². The predicted octanol–water partition coefficient (Wildman–Crippen LogP) is 3.65. The number of halogens is 1. The fourth-order valence-corrected chi connectivity index (χ4v) is 12.4. The van der Waals surface area contributed by atoms with Gasteiger partial charge in [-0.05, 0) is 89.1 Å². The van der Waals surface area contributed by atoms with Gasteiger partial charge in [-0.25, -0.2) is 9.18 Å². The summed E-state index contributed by atoms with van der Waals surface area (Å²) in [5.74, 6) is -10.8. The number of likely N-dealkylation sites (tertiary alicyclic amines) is 1. The molecule has 3 aromatic rings. The fourth-order valence-electron chi connectivity index (χ4n) is 12.4. The van der Waals surface area contributed by atoms with Crippen LogP contribution in [0.4, 0.5) is 10.1 Å². The number of nitrogens with two attached hydrogens (primary N) is 2. The average molecular weight is 1140 g/mol. The van der Waals surface area contributed by atoms with Crippen LogP contribution >= 0.6 is 0 Å². The highest BCUT2D eigenvalue weighted by atomic mass is 19.1. The first-order valence-electron chi connectivity index (χ1n) is 27.6. The topological polar surface area (TPSA) is 316 Å². The monoisotopic (exact) mass is 1140 g/mol. The number of pyridine rings is 2. The number of Topliss-reactive ketones (excluding diaryl/α,β-unsaturated/α-hetero) is 3. The molecule has 3 fully saturated rings. The first-order chi connectivity index (χ1) is 38.7. The molecule has 440 valence electrons. The van der Waals surface area contributed by atoms with Gasteiger partial charge in [-0.15, -0.1) is 0 Å². The van der Waals surface area contributed by atoms with E-state index in [4.69, 9.17) is 30.4 Å². The van der Waals surface area contributed by atoms with E-state index in [0.717, 1.165) is 36.6 Å². The number of fused-ring (bicyclic) bond motifs is 15. The van der Waals surface area contributed by atoms with Gasteiger partial charge in [-0.3, -0.25) is 38.1 Å². The standard InChI is InChI=1S/C59H72FN7O15/c1-26-11-10-12-27(2)56(75)63-44-47(65-19-15-33(16-20-65)64(8)34-17-21-66(24-34)46-29(4)45-35(32-13-14-32)23-36(58(77)78)57(76)67(45)25-37(46)60)51(72)39-40(50(44)71)49(70)30(5)53-41(39)55(74)59(7,82-53)80-22-18-38(79-9)28(3)54(81-31(6)68)43(62)52(73)42(61)48(26)69/h10-12,18,22-23,25-26,28,32-34,38,42-43,48,52,54,69-70,73H,13-17,19-21,24,61-62H2,1-9H3,(H,63,75)(H,77,78)/b11-10+,22-18?,27-12-/t26-,28+,34?,38-,42+,43+,48-,52+,54+,59-/m0/s1. The number of allylic oxidation sites excluding steroid dienone is 4. The van der Waals surface area contributed by atoms with E-state index in [0.29, 0.717) is 54.7 Å². The molecule has 5 bridgehead atoms. The summed E-state index contributed by atoms with van der Waals surface area (Å²) in [6.45, 7) is 11.6. The maximum atomic E-state index is 16.3. The molecule has 2 aromatic heterocycles. The zero-order valence-corrected chi connectivity index (χ0v) is 47.4. The number of nitrogens with one attached hydrogen (secondary N) is 1. The number of aliphatic hydroxyl groups is 2. The Balaban J connectivity index is 1.03. The number of aromatic carboxylic acids is 1. The zero-order chi connectivity index (χ0) is 59.7. The molecule has 1 amide bonds. The van der Waals surface area contributed by atoms with Crippen molar-refractivity contribution in [3.05, 3.63) is 115 Å². The molecule has 1 saturated carbocycles. The molecule has 22 nitrogen and oxygen atoms in total. The number of aromatic nitrogens is 1. The number of hydrogen-bond acceptors (Lipinski definition) is 19. The van der Waals surface area contributed by atoms with E-state index >= 15 is 14.0 Å². The molecule has 23 heteroatoms. The molecule has 9 N–H and O–H groups in total. The van der Waals surface area contributed by atoms with Gasteiger partial charge in [0.05, 0.1) is 70.7 Å². The molecule has 2 aliphatic carbocycles. The van der Waals surface area contributed by atoms with E-state index in [9.17, 15) is 44.4 Å². The Hall–Kier alpha value is -7.28. The van der Waals surface area contributed by atoms with Crippen molar-refractivity contribution in [2.24, 2.45) is 23.3 Å². The van der Waals surface area contributed by atoms with E-state index in [1.54, 1.807) is 25.7 Å². The van der Waals surface area contributed by atoms with Gasteiger partial charge in [0.25, 0.3) is 17.2 Å². The van der Waals surface area contributed by atoms with Crippen LogP contribution in [0.5, 0.6) is 11.5 Å². The van der Waals surface area contributed by atoms with Crippen molar-refractivity contribution in [3.8, 4) is 11.5 Å². The van der Waals surface area contributed by atoms with Gasteiger partial charge in [0, 0.05) is 82.2 Å². The number of carboxylic acids is 1. The Labute approximate surface area is 472 Å². The minimum absolute atomic E-state index is 0.0516. The third-order valence-corrected chi connectivity index (χ3v) is 17.5. The van der Waals surface area contributed by atoms with Gasteiger partial charge in [0.2, 0.25) is 11.6 Å². The van der Waals surface area contributed by atoms with Crippen LogP contribution in [0.3, 0.4) is 0 Å². The number of nitrogens with zero attached hydrogens (tertiary/aromatic N) is 4. The number of ether oxygens (including phenoxy) is 4. The first kappa shape index (κ1) is 59.3. The van der Waals surface area contributed by atoms with Crippen LogP contribution in [0.25, 0.3) is 5.52 Å². The van der Waals surface area contributed by atoms with Gasteiger partial charge in [0.15, 0.2) is 5.82 Å². The van der Waals surface area contributed by atoms with Crippen LogP contribution in [0.1, 0.15) is 131 Å².